The summed E-state index contributed by atoms with van der Waals surface area (Å²) >= 11 is 0. The Hall–Kier alpha value is -3.35. The van der Waals surface area contributed by atoms with Crippen LogP contribution in [0.4, 0.5) is 10.5 Å². The summed E-state index contributed by atoms with van der Waals surface area (Å²) in [5.41, 5.74) is 3.71. The first-order chi connectivity index (χ1) is 17.8. The normalized spacial score (nSPS) is 15.3. The minimum absolute atomic E-state index is 0.0987. The van der Waals surface area contributed by atoms with E-state index in [1.165, 1.54) is 0 Å². The van der Waals surface area contributed by atoms with Crippen molar-refractivity contribution in [3.63, 3.8) is 0 Å². The van der Waals surface area contributed by atoms with Crippen LogP contribution in [-0.2, 0) is 14.3 Å². The maximum atomic E-state index is 14.3. The van der Waals surface area contributed by atoms with Crippen LogP contribution in [-0.4, -0.2) is 40.5 Å². The Balaban J connectivity index is 2.05. The maximum absolute atomic E-state index is 14.3. The minimum atomic E-state index is -0.853. The Morgan fingerprint density at radius 1 is 0.974 bits per heavy atom. The van der Waals surface area contributed by atoms with Gasteiger partial charge in [0.1, 0.15) is 17.7 Å². The van der Waals surface area contributed by atoms with E-state index in [0.29, 0.717) is 0 Å². The number of ether oxygens (including phenoxy) is 1. The van der Waals surface area contributed by atoms with Gasteiger partial charge in [0.25, 0.3) is 5.91 Å². The van der Waals surface area contributed by atoms with Crippen LogP contribution < -0.4 is 10.6 Å². The zero-order valence-electron chi connectivity index (χ0n) is 24.1. The van der Waals surface area contributed by atoms with Gasteiger partial charge in [0.15, 0.2) is 0 Å². The number of amides is 3. The second-order valence-electron chi connectivity index (χ2n) is 11.8. The van der Waals surface area contributed by atoms with E-state index in [4.69, 9.17) is 4.74 Å². The summed E-state index contributed by atoms with van der Waals surface area (Å²) in [5, 5.41) is 5.93. The first-order valence-electron chi connectivity index (χ1n) is 13.5. The van der Waals surface area contributed by atoms with Gasteiger partial charge in [-0.05, 0) is 83.4 Å². The van der Waals surface area contributed by atoms with Crippen LogP contribution in [0, 0.1) is 26.7 Å². The average molecular weight is 522 g/mol. The van der Waals surface area contributed by atoms with Crippen molar-refractivity contribution in [3.05, 3.63) is 64.7 Å². The molecule has 38 heavy (non-hydrogen) atoms. The van der Waals surface area contributed by atoms with Crippen LogP contribution in [0.15, 0.2) is 42.5 Å². The van der Waals surface area contributed by atoms with Gasteiger partial charge in [0.05, 0.1) is 0 Å². The van der Waals surface area contributed by atoms with Crippen LogP contribution in [0.5, 0.6) is 0 Å². The first kappa shape index (κ1) is 29.2. The number of nitrogens with zero attached hydrogens (tertiary/aromatic N) is 1. The van der Waals surface area contributed by atoms with Gasteiger partial charge >= 0.3 is 6.09 Å². The number of rotatable bonds is 8. The van der Waals surface area contributed by atoms with E-state index in [0.717, 1.165) is 47.2 Å². The van der Waals surface area contributed by atoms with Gasteiger partial charge in [-0.3, -0.25) is 9.59 Å². The monoisotopic (exact) mass is 521 g/mol. The molecule has 0 bridgehead atoms. The smallest absolute Gasteiger partial charge is 0.408 e. The Kier molecular flexibility index (Phi) is 9.23. The largest absolute Gasteiger partial charge is 0.444 e. The highest BCUT2D eigenvalue weighted by Gasteiger charge is 2.43. The van der Waals surface area contributed by atoms with Crippen molar-refractivity contribution in [1.29, 1.82) is 0 Å². The summed E-state index contributed by atoms with van der Waals surface area (Å²) in [4.78, 5) is 42.8. The lowest BCUT2D eigenvalue weighted by atomic mass is 9.87. The lowest BCUT2D eigenvalue weighted by Crippen LogP contribution is -2.58. The fraction of sp³-hybridized carbons (Fsp3) is 0.516. The summed E-state index contributed by atoms with van der Waals surface area (Å²) in [6.45, 7) is 15.0. The second-order valence-corrected chi connectivity index (χ2v) is 11.8. The van der Waals surface area contributed by atoms with Crippen molar-refractivity contribution in [3.8, 4) is 0 Å². The molecule has 206 valence electrons. The van der Waals surface area contributed by atoms with Crippen molar-refractivity contribution in [2.24, 2.45) is 5.92 Å². The van der Waals surface area contributed by atoms with E-state index in [2.05, 4.69) is 10.6 Å². The topological polar surface area (TPSA) is 87.7 Å². The zero-order chi connectivity index (χ0) is 28.2. The molecule has 7 heteroatoms. The molecule has 1 saturated carbocycles. The van der Waals surface area contributed by atoms with Gasteiger partial charge in [-0.2, -0.15) is 0 Å². The molecule has 3 amide bonds. The number of carbonyl (C=O) groups is 3. The summed E-state index contributed by atoms with van der Waals surface area (Å²) in [6.07, 6.45) is 1.95. The van der Waals surface area contributed by atoms with E-state index in [1.54, 1.807) is 25.7 Å². The van der Waals surface area contributed by atoms with Crippen LogP contribution in [0.25, 0.3) is 0 Å². The Bertz CT molecular complexity index is 1140. The molecule has 0 aromatic heterocycles. The molecule has 2 aromatic carbocycles. The molecule has 7 nitrogen and oxygen atoms in total. The maximum Gasteiger partial charge on any atom is 0.408 e. The van der Waals surface area contributed by atoms with Crippen LogP contribution >= 0.6 is 0 Å². The SMILES string of the molecule is Cc1cccc(C(C(=O)Nc2c(C)cccc2C)N(C(=O)C(NC(=O)OC(C)(C)C)C(C)C)C2CCC2)c1. The van der Waals surface area contributed by atoms with E-state index < -0.39 is 23.8 Å². The van der Waals surface area contributed by atoms with Crippen LogP contribution in [0.3, 0.4) is 0 Å². The summed E-state index contributed by atoms with van der Waals surface area (Å²) in [6, 6.07) is 11.8. The predicted molar refractivity (Wildman–Crippen MR) is 151 cm³/mol. The third-order valence-corrected chi connectivity index (χ3v) is 6.94. The number of nitrogens with one attached hydrogen (secondary N) is 2. The number of benzene rings is 2. The second kappa shape index (κ2) is 12.0. The number of anilines is 1. The molecule has 1 aliphatic rings. The highest BCUT2D eigenvalue weighted by molar-refractivity contribution is 6.00. The molecule has 3 rings (SSSR count). The van der Waals surface area contributed by atoms with Gasteiger partial charge < -0.3 is 20.3 Å². The molecule has 2 aromatic rings. The minimum Gasteiger partial charge on any atom is -0.444 e. The third-order valence-electron chi connectivity index (χ3n) is 6.94. The standard InChI is InChI=1S/C31H43N3O4/c1-19(2)25(33-30(37)38-31(6,7)8)29(36)34(24-16-11-17-24)27(23-15-9-12-20(3)18-23)28(35)32-26-21(4)13-10-14-22(26)5/h9-10,12-15,18-19,24-25,27H,11,16-17H2,1-8H3,(H,32,35)(H,33,37). The summed E-state index contributed by atoms with van der Waals surface area (Å²) in [5.74, 6) is -0.760. The molecule has 2 unspecified atom stereocenters. The van der Waals surface area contributed by atoms with Gasteiger partial charge in [-0.1, -0.05) is 61.9 Å². The lowest BCUT2D eigenvalue weighted by molar-refractivity contribution is -0.146. The molecular formula is C31H43N3O4. The number of carbonyl (C=O) groups excluding carboxylic acids is 3. The third kappa shape index (κ3) is 7.15. The van der Waals surface area contributed by atoms with E-state index >= 15 is 0 Å². The molecule has 2 atom stereocenters. The lowest BCUT2D eigenvalue weighted by Gasteiger charge is -2.44. The highest BCUT2D eigenvalue weighted by Crippen LogP contribution is 2.35. The van der Waals surface area contributed by atoms with Crippen molar-refractivity contribution >= 4 is 23.6 Å². The highest BCUT2D eigenvalue weighted by atomic mass is 16.6. The van der Waals surface area contributed by atoms with E-state index in [1.807, 2.05) is 77.1 Å². The fourth-order valence-corrected chi connectivity index (χ4v) is 4.77. The Morgan fingerprint density at radius 2 is 1.58 bits per heavy atom. The van der Waals surface area contributed by atoms with Crippen LogP contribution in [0.1, 0.15) is 82.2 Å². The number of hydrogen-bond donors (Lipinski definition) is 2. The van der Waals surface area contributed by atoms with E-state index in [9.17, 15) is 14.4 Å². The molecular weight excluding hydrogens is 478 g/mol. The number of hydrogen-bond acceptors (Lipinski definition) is 4. The van der Waals surface area contributed by atoms with Crippen molar-refractivity contribution in [1.82, 2.24) is 10.2 Å². The number of aryl methyl sites for hydroxylation is 3. The number of para-hydroxylation sites is 1. The van der Waals surface area contributed by atoms with Gasteiger partial charge in [-0.25, -0.2) is 4.79 Å². The Labute approximate surface area is 227 Å². The van der Waals surface area contributed by atoms with Crippen LogP contribution in [0.2, 0.25) is 0 Å². The molecule has 1 aliphatic carbocycles. The van der Waals surface area contributed by atoms with E-state index in [-0.39, 0.29) is 23.8 Å². The van der Waals surface area contributed by atoms with Crippen molar-refractivity contribution in [2.75, 3.05) is 5.32 Å². The zero-order valence-corrected chi connectivity index (χ0v) is 24.1. The molecule has 2 N–H and O–H groups in total. The van der Waals surface area contributed by atoms with Gasteiger partial charge in [0, 0.05) is 11.7 Å². The Morgan fingerprint density at radius 3 is 2.08 bits per heavy atom. The molecule has 0 aliphatic heterocycles. The van der Waals surface area contributed by atoms with Crippen molar-refractivity contribution in [2.45, 2.75) is 98.4 Å². The summed E-state index contributed by atoms with van der Waals surface area (Å²) in [7, 11) is 0. The molecule has 0 spiro atoms. The average Bonchev–Trinajstić information content (AvgIpc) is 2.76. The molecule has 0 heterocycles. The molecule has 0 radical (unpaired) electrons. The molecule has 0 saturated heterocycles. The predicted octanol–water partition coefficient (Wildman–Crippen LogP) is 6.22. The van der Waals surface area contributed by atoms with Crippen molar-refractivity contribution < 1.29 is 19.1 Å². The van der Waals surface area contributed by atoms with Gasteiger partial charge in [0.2, 0.25) is 5.91 Å². The fourth-order valence-electron chi connectivity index (χ4n) is 4.77. The molecule has 1 fully saturated rings. The first-order valence-corrected chi connectivity index (χ1v) is 13.5. The quantitative estimate of drug-likeness (QED) is 0.432. The van der Waals surface area contributed by atoms with Gasteiger partial charge in [-0.15, -0.1) is 0 Å². The summed E-state index contributed by atoms with van der Waals surface area (Å²) < 4.78 is 5.46. The number of alkyl carbamates (subject to hydrolysis) is 1.